The molecular formula is C31H43N3O2. The van der Waals surface area contributed by atoms with E-state index in [0.717, 1.165) is 37.3 Å². The molecule has 36 heavy (non-hydrogen) atoms. The number of β-amino-alcohol motifs (C(OH)–C–C–N with tert-alkyl or cyclic N) is 1. The van der Waals surface area contributed by atoms with Gasteiger partial charge in [0.15, 0.2) is 0 Å². The third-order valence-corrected chi connectivity index (χ3v) is 8.64. The highest BCUT2D eigenvalue weighted by Crippen LogP contribution is 2.43. The summed E-state index contributed by atoms with van der Waals surface area (Å²) in [4.78, 5) is 19.3. The lowest BCUT2D eigenvalue weighted by molar-refractivity contribution is -0.0825. The Kier molecular flexibility index (Phi) is 7.41. The first kappa shape index (κ1) is 25.3. The molecule has 3 N–H and O–H groups in total. The molecule has 3 aromatic rings. The van der Waals surface area contributed by atoms with Crippen LogP contribution in [0.4, 0.5) is 0 Å². The molecule has 1 saturated carbocycles. The summed E-state index contributed by atoms with van der Waals surface area (Å²) in [6.07, 6.45) is 12.6. The number of pyridine rings is 1. The Morgan fingerprint density at radius 1 is 1.06 bits per heavy atom. The molecule has 0 bridgehead atoms. The zero-order valence-electron chi connectivity index (χ0n) is 22.3. The Balaban J connectivity index is 0.000000228. The van der Waals surface area contributed by atoms with Crippen LogP contribution in [0, 0.1) is 18.8 Å². The fourth-order valence-electron chi connectivity index (χ4n) is 6.54. The van der Waals surface area contributed by atoms with E-state index in [9.17, 15) is 9.90 Å². The zero-order chi connectivity index (χ0) is 25.3. The van der Waals surface area contributed by atoms with Gasteiger partial charge in [-0.05, 0) is 98.9 Å². The molecule has 3 aliphatic carbocycles. The van der Waals surface area contributed by atoms with Crippen molar-refractivity contribution in [3.63, 3.8) is 0 Å². The van der Waals surface area contributed by atoms with E-state index in [0.29, 0.717) is 5.92 Å². The number of aromatic amines is 2. The number of hydrogen-bond donors (Lipinski definition) is 3. The standard InChI is InChI=1S/C23H30N2O.C6H7NO.C2H6/c26-23-12-20-19-8-7-16-3-1-2-4-18(16)22(19)24-21(20)11-17(23)9-10-25(14-23)13-15-5-6-15;1-5-2-3-6(8)7-4-5;1-2/h7-8,15,17,24,26H,1-6,9-14H2;2-4H,1H3,(H,7,8);1-2H3. The number of hydrogen-bond acceptors (Lipinski definition) is 3. The van der Waals surface area contributed by atoms with E-state index in [-0.39, 0.29) is 5.56 Å². The fourth-order valence-corrected chi connectivity index (χ4v) is 6.54. The molecule has 3 heterocycles. The minimum Gasteiger partial charge on any atom is -0.388 e. The van der Waals surface area contributed by atoms with Crippen LogP contribution in [0.2, 0.25) is 0 Å². The van der Waals surface area contributed by atoms with Gasteiger partial charge in [-0.3, -0.25) is 4.79 Å². The molecule has 7 rings (SSSR count). The highest BCUT2D eigenvalue weighted by atomic mass is 16.3. The normalized spacial score (nSPS) is 24.9. The lowest BCUT2D eigenvalue weighted by Gasteiger charge is -2.47. The molecule has 2 unspecified atom stereocenters. The van der Waals surface area contributed by atoms with E-state index in [1.165, 1.54) is 79.8 Å². The average molecular weight is 490 g/mol. The number of piperidine rings is 1. The summed E-state index contributed by atoms with van der Waals surface area (Å²) in [5, 5.41) is 13.0. The SMILES string of the molecule is CC.Cc1ccc(=O)[nH]c1.OC12Cc3c([nH]c4c5c(ccc34)CCCC5)CC1CCN(CC1CC1)C2. The van der Waals surface area contributed by atoms with Gasteiger partial charge < -0.3 is 20.0 Å². The summed E-state index contributed by atoms with van der Waals surface area (Å²) in [6, 6.07) is 7.98. The molecule has 1 aliphatic heterocycles. The van der Waals surface area contributed by atoms with Crippen molar-refractivity contribution < 1.29 is 5.11 Å². The maximum Gasteiger partial charge on any atom is 0.247 e. The van der Waals surface area contributed by atoms with Crippen LogP contribution in [-0.4, -0.2) is 45.2 Å². The Morgan fingerprint density at radius 2 is 1.86 bits per heavy atom. The molecule has 0 amide bonds. The van der Waals surface area contributed by atoms with Gasteiger partial charge in [-0.25, -0.2) is 0 Å². The predicted octanol–water partition coefficient (Wildman–Crippen LogP) is 5.32. The van der Waals surface area contributed by atoms with Gasteiger partial charge in [0.05, 0.1) is 5.60 Å². The number of aromatic nitrogens is 2. The number of H-pyrrole nitrogens is 2. The third-order valence-electron chi connectivity index (χ3n) is 8.64. The Bertz CT molecular complexity index is 1230. The number of nitrogens with zero attached hydrogens (tertiary/aromatic N) is 1. The van der Waals surface area contributed by atoms with Crippen LogP contribution in [0.25, 0.3) is 10.9 Å². The number of fused-ring (bicyclic) bond motifs is 6. The van der Waals surface area contributed by atoms with Gasteiger partial charge in [-0.15, -0.1) is 0 Å². The van der Waals surface area contributed by atoms with Crippen molar-refractivity contribution in [1.82, 2.24) is 14.9 Å². The second kappa shape index (κ2) is 10.5. The van der Waals surface area contributed by atoms with Crippen molar-refractivity contribution >= 4 is 10.9 Å². The number of aryl methyl sites for hydroxylation is 3. The van der Waals surface area contributed by atoms with E-state index in [4.69, 9.17) is 0 Å². The molecule has 2 atom stereocenters. The summed E-state index contributed by atoms with van der Waals surface area (Å²) in [5.74, 6) is 1.34. The Hall–Kier alpha value is -2.37. The topological polar surface area (TPSA) is 72.1 Å². The van der Waals surface area contributed by atoms with Crippen molar-refractivity contribution in [3.8, 4) is 0 Å². The molecule has 1 saturated heterocycles. The highest BCUT2D eigenvalue weighted by molar-refractivity contribution is 5.89. The van der Waals surface area contributed by atoms with Crippen LogP contribution in [0.5, 0.6) is 0 Å². The minimum absolute atomic E-state index is 0.0457. The van der Waals surface area contributed by atoms with Gasteiger partial charge in [0.1, 0.15) is 0 Å². The maximum absolute atomic E-state index is 11.6. The van der Waals surface area contributed by atoms with Crippen molar-refractivity contribution in [2.24, 2.45) is 11.8 Å². The van der Waals surface area contributed by atoms with Crippen LogP contribution >= 0.6 is 0 Å². The van der Waals surface area contributed by atoms with Crippen molar-refractivity contribution in [3.05, 3.63) is 68.8 Å². The van der Waals surface area contributed by atoms with Gasteiger partial charge in [-0.1, -0.05) is 32.0 Å². The van der Waals surface area contributed by atoms with Crippen LogP contribution in [0.1, 0.15) is 73.9 Å². The molecule has 4 aliphatic rings. The fraction of sp³-hybridized carbons (Fsp3) is 0.581. The molecule has 5 heteroatoms. The summed E-state index contributed by atoms with van der Waals surface area (Å²) in [6.45, 7) is 9.19. The molecule has 5 nitrogen and oxygen atoms in total. The average Bonchev–Trinajstić information content (AvgIpc) is 3.64. The van der Waals surface area contributed by atoms with Gasteiger partial charge in [-0.2, -0.15) is 0 Å². The van der Waals surface area contributed by atoms with Crippen LogP contribution in [0.3, 0.4) is 0 Å². The molecule has 0 radical (unpaired) electrons. The van der Waals surface area contributed by atoms with E-state index in [1.807, 2.05) is 20.8 Å². The first-order valence-electron chi connectivity index (χ1n) is 14.2. The number of benzene rings is 1. The van der Waals surface area contributed by atoms with Gasteiger partial charge in [0, 0.05) is 48.4 Å². The third kappa shape index (κ3) is 5.19. The number of nitrogens with one attached hydrogen (secondary N) is 2. The minimum atomic E-state index is -0.523. The first-order chi connectivity index (χ1) is 17.5. The summed E-state index contributed by atoms with van der Waals surface area (Å²) >= 11 is 0. The van der Waals surface area contributed by atoms with Gasteiger partial charge >= 0.3 is 0 Å². The lowest BCUT2D eigenvalue weighted by Crippen LogP contribution is -2.57. The smallest absolute Gasteiger partial charge is 0.247 e. The molecule has 2 aromatic heterocycles. The second-order valence-electron chi connectivity index (χ2n) is 11.3. The lowest BCUT2D eigenvalue weighted by atomic mass is 9.70. The van der Waals surface area contributed by atoms with E-state index in [2.05, 4.69) is 27.0 Å². The van der Waals surface area contributed by atoms with Crippen LogP contribution in [0.15, 0.2) is 35.3 Å². The first-order valence-corrected chi connectivity index (χ1v) is 14.2. The predicted molar refractivity (Wildman–Crippen MR) is 148 cm³/mol. The van der Waals surface area contributed by atoms with Crippen LogP contribution in [-0.2, 0) is 25.7 Å². The van der Waals surface area contributed by atoms with Gasteiger partial charge in [0.25, 0.3) is 0 Å². The molecule has 2 fully saturated rings. The zero-order valence-corrected chi connectivity index (χ0v) is 22.3. The van der Waals surface area contributed by atoms with E-state index < -0.39 is 5.60 Å². The Labute approximate surface area is 215 Å². The summed E-state index contributed by atoms with van der Waals surface area (Å²) in [5.41, 5.74) is 7.85. The molecule has 0 spiro atoms. The van der Waals surface area contributed by atoms with Crippen molar-refractivity contribution in [2.75, 3.05) is 19.6 Å². The van der Waals surface area contributed by atoms with E-state index >= 15 is 0 Å². The number of aliphatic hydroxyl groups is 1. The second-order valence-corrected chi connectivity index (χ2v) is 11.3. The van der Waals surface area contributed by atoms with Gasteiger partial charge in [0.2, 0.25) is 5.56 Å². The largest absolute Gasteiger partial charge is 0.388 e. The number of likely N-dealkylation sites (tertiary alicyclic amines) is 1. The monoisotopic (exact) mass is 489 g/mol. The highest BCUT2D eigenvalue weighted by Gasteiger charge is 2.46. The summed E-state index contributed by atoms with van der Waals surface area (Å²) < 4.78 is 0. The maximum atomic E-state index is 11.6. The van der Waals surface area contributed by atoms with Crippen LogP contribution < -0.4 is 5.56 Å². The molecular weight excluding hydrogens is 446 g/mol. The molecule has 194 valence electrons. The van der Waals surface area contributed by atoms with E-state index in [1.54, 1.807) is 23.4 Å². The summed E-state index contributed by atoms with van der Waals surface area (Å²) in [7, 11) is 0. The molecule has 1 aromatic carbocycles. The quantitative estimate of drug-likeness (QED) is 0.456. The van der Waals surface area contributed by atoms with Crippen molar-refractivity contribution in [1.29, 1.82) is 0 Å². The van der Waals surface area contributed by atoms with Crippen molar-refractivity contribution in [2.45, 2.75) is 84.2 Å². The number of rotatable bonds is 2. The Morgan fingerprint density at radius 3 is 2.58 bits per heavy atom.